The van der Waals surface area contributed by atoms with E-state index in [2.05, 4.69) is 0 Å². The van der Waals surface area contributed by atoms with Gasteiger partial charge in [-0.05, 0) is 37.5 Å². The van der Waals surface area contributed by atoms with Crippen molar-refractivity contribution in [2.24, 2.45) is 0 Å². The van der Waals surface area contributed by atoms with Crippen LogP contribution in [0, 0.1) is 13.8 Å². The second kappa shape index (κ2) is 5.71. The first-order chi connectivity index (χ1) is 8.01. The normalized spacial score (nSPS) is 12.2. The van der Waals surface area contributed by atoms with Crippen LogP contribution in [0.1, 0.15) is 42.4 Å². The van der Waals surface area contributed by atoms with E-state index >= 15 is 0 Å². The Kier molecular flexibility index (Phi) is 4.55. The highest BCUT2D eigenvalue weighted by Crippen LogP contribution is 2.34. The van der Waals surface area contributed by atoms with E-state index in [0.717, 1.165) is 23.1 Å². The summed E-state index contributed by atoms with van der Waals surface area (Å²) >= 11 is 0. The molecule has 1 rings (SSSR count). The minimum Gasteiger partial charge on any atom is -0.496 e. The zero-order valence-electron chi connectivity index (χ0n) is 10.9. The maximum atomic E-state index is 11.3. The van der Waals surface area contributed by atoms with E-state index in [1.165, 1.54) is 0 Å². The largest absolute Gasteiger partial charge is 0.496 e. The Bertz CT molecular complexity index is 410. The Labute approximate surface area is 102 Å². The van der Waals surface area contributed by atoms with Gasteiger partial charge < -0.3 is 9.84 Å². The number of rotatable bonds is 5. The zero-order valence-corrected chi connectivity index (χ0v) is 10.9. The van der Waals surface area contributed by atoms with E-state index in [-0.39, 0.29) is 0 Å². The average Bonchev–Trinajstić information content (AvgIpc) is 2.25. The molecule has 1 aromatic carbocycles. The molecule has 0 amide bonds. The molecule has 94 valence electrons. The Hall–Kier alpha value is -1.51. The molecule has 0 aliphatic heterocycles. The summed E-state index contributed by atoms with van der Waals surface area (Å²) in [5, 5.41) is 9.32. The van der Waals surface area contributed by atoms with Gasteiger partial charge >= 0.3 is 5.97 Å². The number of hydrogen-bond donors (Lipinski definition) is 1. The summed E-state index contributed by atoms with van der Waals surface area (Å²) in [7, 11) is 1.59. The first kappa shape index (κ1) is 13.6. The molecule has 0 aliphatic rings. The Balaban J connectivity index is 3.30. The Morgan fingerprint density at radius 3 is 2.53 bits per heavy atom. The number of benzene rings is 1. The van der Waals surface area contributed by atoms with Crippen LogP contribution < -0.4 is 4.74 Å². The second-order valence-electron chi connectivity index (χ2n) is 4.38. The number of carboxylic acids is 1. The lowest BCUT2D eigenvalue weighted by Gasteiger charge is -2.18. The first-order valence-electron chi connectivity index (χ1n) is 5.89. The number of aryl methyl sites for hydroxylation is 2. The standard InChI is InChI=1S/C14H20O3/c1-5-6-11(14(15)16)13-10(3)7-9(2)8-12(13)17-4/h7-8,11H,5-6H2,1-4H3,(H,15,16). The van der Waals surface area contributed by atoms with Gasteiger partial charge in [-0.3, -0.25) is 4.79 Å². The molecule has 0 heterocycles. The Morgan fingerprint density at radius 1 is 1.41 bits per heavy atom. The highest BCUT2D eigenvalue weighted by atomic mass is 16.5. The minimum absolute atomic E-state index is 0.476. The van der Waals surface area contributed by atoms with Crippen LogP contribution in [0.4, 0.5) is 0 Å². The van der Waals surface area contributed by atoms with Crippen molar-refractivity contribution in [1.82, 2.24) is 0 Å². The molecule has 0 spiro atoms. The molecule has 3 nitrogen and oxygen atoms in total. The van der Waals surface area contributed by atoms with E-state index in [1.54, 1.807) is 7.11 Å². The van der Waals surface area contributed by atoms with Crippen LogP contribution in [0.25, 0.3) is 0 Å². The molecule has 17 heavy (non-hydrogen) atoms. The number of carboxylic acid groups (broad SMARTS) is 1. The van der Waals surface area contributed by atoms with Crippen molar-refractivity contribution in [1.29, 1.82) is 0 Å². The van der Waals surface area contributed by atoms with Gasteiger partial charge in [0.25, 0.3) is 0 Å². The van der Waals surface area contributed by atoms with Crippen LogP contribution in [0.2, 0.25) is 0 Å². The lowest BCUT2D eigenvalue weighted by atomic mass is 9.89. The van der Waals surface area contributed by atoms with Crippen LogP contribution >= 0.6 is 0 Å². The predicted molar refractivity (Wildman–Crippen MR) is 67.8 cm³/mol. The molecule has 0 bridgehead atoms. The summed E-state index contributed by atoms with van der Waals surface area (Å²) in [5.74, 6) is -0.573. The molecule has 1 atom stereocenters. The van der Waals surface area contributed by atoms with Crippen molar-refractivity contribution >= 4 is 5.97 Å². The fraction of sp³-hybridized carbons (Fsp3) is 0.500. The lowest BCUT2D eigenvalue weighted by molar-refractivity contribution is -0.139. The third-order valence-corrected chi connectivity index (χ3v) is 2.94. The monoisotopic (exact) mass is 236 g/mol. The molecular formula is C14H20O3. The van der Waals surface area contributed by atoms with Crippen molar-refractivity contribution in [2.45, 2.75) is 39.5 Å². The van der Waals surface area contributed by atoms with Gasteiger partial charge in [0, 0.05) is 5.56 Å². The van der Waals surface area contributed by atoms with Crippen molar-refractivity contribution in [2.75, 3.05) is 7.11 Å². The molecule has 1 aromatic rings. The molecule has 1 N–H and O–H groups in total. The van der Waals surface area contributed by atoms with Crippen LogP contribution in [0.3, 0.4) is 0 Å². The molecule has 0 fully saturated rings. The highest BCUT2D eigenvalue weighted by Gasteiger charge is 2.24. The summed E-state index contributed by atoms with van der Waals surface area (Å²) < 4.78 is 5.32. The topological polar surface area (TPSA) is 46.5 Å². The van der Waals surface area contributed by atoms with E-state index in [4.69, 9.17) is 4.74 Å². The van der Waals surface area contributed by atoms with Crippen molar-refractivity contribution in [3.63, 3.8) is 0 Å². The van der Waals surface area contributed by atoms with Gasteiger partial charge in [-0.1, -0.05) is 19.4 Å². The number of hydrogen-bond acceptors (Lipinski definition) is 2. The van der Waals surface area contributed by atoms with Crippen LogP contribution in [0.5, 0.6) is 5.75 Å². The molecule has 1 unspecified atom stereocenters. The first-order valence-corrected chi connectivity index (χ1v) is 5.89. The number of carbonyl (C=O) groups is 1. The van der Waals surface area contributed by atoms with Crippen LogP contribution in [-0.4, -0.2) is 18.2 Å². The molecular weight excluding hydrogens is 216 g/mol. The quantitative estimate of drug-likeness (QED) is 0.853. The van der Waals surface area contributed by atoms with E-state index in [9.17, 15) is 9.90 Å². The predicted octanol–water partition coefficient (Wildman–Crippen LogP) is 3.28. The third-order valence-electron chi connectivity index (χ3n) is 2.94. The molecule has 0 radical (unpaired) electrons. The van der Waals surface area contributed by atoms with E-state index < -0.39 is 11.9 Å². The Morgan fingerprint density at radius 2 is 2.06 bits per heavy atom. The number of methoxy groups -OCH3 is 1. The van der Waals surface area contributed by atoms with Crippen LogP contribution in [0.15, 0.2) is 12.1 Å². The van der Waals surface area contributed by atoms with E-state index in [0.29, 0.717) is 12.2 Å². The smallest absolute Gasteiger partial charge is 0.311 e. The summed E-state index contributed by atoms with van der Waals surface area (Å²) in [6.45, 7) is 5.91. The third kappa shape index (κ3) is 2.99. The molecule has 0 aliphatic carbocycles. The lowest BCUT2D eigenvalue weighted by Crippen LogP contribution is -2.14. The summed E-state index contributed by atoms with van der Waals surface area (Å²) in [6, 6.07) is 3.90. The number of ether oxygens (including phenoxy) is 1. The van der Waals surface area contributed by atoms with Gasteiger partial charge in [-0.15, -0.1) is 0 Å². The van der Waals surface area contributed by atoms with Crippen molar-refractivity contribution in [3.8, 4) is 5.75 Å². The highest BCUT2D eigenvalue weighted by molar-refractivity contribution is 5.78. The maximum Gasteiger partial charge on any atom is 0.311 e. The fourth-order valence-corrected chi connectivity index (χ4v) is 2.24. The summed E-state index contributed by atoms with van der Waals surface area (Å²) in [5.41, 5.74) is 2.89. The van der Waals surface area contributed by atoms with E-state index in [1.807, 2.05) is 32.9 Å². The van der Waals surface area contributed by atoms with Gasteiger partial charge in [0.05, 0.1) is 13.0 Å². The molecule has 0 aromatic heterocycles. The number of aliphatic carboxylic acids is 1. The molecule has 0 saturated heterocycles. The van der Waals surface area contributed by atoms with Gasteiger partial charge in [0.1, 0.15) is 5.75 Å². The summed E-state index contributed by atoms with van der Waals surface area (Å²) in [6.07, 6.45) is 1.48. The van der Waals surface area contributed by atoms with Crippen LogP contribution in [-0.2, 0) is 4.79 Å². The SMILES string of the molecule is CCCC(C(=O)O)c1c(C)cc(C)cc1OC. The summed E-state index contributed by atoms with van der Waals surface area (Å²) in [4.78, 5) is 11.3. The second-order valence-corrected chi connectivity index (χ2v) is 4.38. The van der Waals surface area contributed by atoms with Gasteiger partial charge in [0.15, 0.2) is 0 Å². The fourth-order valence-electron chi connectivity index (χ4n) is 2.24. The van der Waals surface area contributed by atoms with Gasteiger partial charge in [-0.2, -0.15) is 0 Å². The minimum atomic E-state index is -0.780. The van der Waals surface area contributed by atoms with Gasteiger partial charge in [0.2, 0.25) is 0 Å². The molecule has 0 saturated carbocycles. The van der Waals surface area contributed by atoms with Crippen molar-refractivity contribution < 1.29 is 14.6 Å². The zero-order chi connectivity index (χ0) is 13.0. The average molecular weight is 236 g/mol. The van der Waals surface area contributed by atoms with Gasteiger partial charge in [-0.25, -0.2) is 0 Å². The van der Waals surface area contributed by atoms with Crippen molar-refractivity contribution in [3.05, 3.63) is 28.8 Å². The molecule has 3 heteroatoms. The maximum absolute atomic E-state index is 11.3.